The lowest BCUT2D eigenvalue weighted by atomic mass is 9.97. The van der Waals surface area contributed by atoms with E-state index in [0.29, 0.717) is 13.1 Å². The number of piperidine rings is 1. The molecular formula is C21H24N4O2. The number of aromatic amines is 1. The first kappa shape index (κ1) is 17.4. The van der Waals surface area contributed by atoms with Crippen LogP contribution in [0, 0.1) is 5.92 Å². The van der Waals surface area contributed by atoms with E-state index < -0.39 is 0 Å². The monoisotopic (exact) mass is 364 g/mol. The summed E-state index contributed by atoms with van der Waals surface area (Å²) in [5, 5.41) is 3.07. The molecule has 1 atom stereocenters. The molecule has 27 heavy (non-hydrogen) atoms. The molecule has 2 aromatic carbocycles. The van der Waals surface area contributed by atoms with Crippen molar-refractivity contribution in [2.45, 2.75) is 19.4 Å². The summed E-state index contributed by atoms with van der Waals surface area (Å²) in [6.07, 6.45) is 1.89. The number of anilines is 1. The molecule has 0 radical (unpaired) electrons. The van der Waals surface area contributed by atoms with Crippen molar-refractivity contribution in [3.8, 4) is 5.75 Å². The standard InChI is InChI=1S/C21H24N4O2/c1-27-17-10-8-15(9-11-17)13-22-20(26)16-5-4-12-25(14-16)21-23-18-6-2-3-7-19(18)24-21/h2-3,6-11,16H,4-5,12-14H2,1H3,(H,22,26)(H,23,24)/t16-/m1/s1. The van der Waals surface area contributed by atoms with E-state index in [0.717, 1.165) is 47.7 Å². The summed E-state index contributed by atoms with van der Waals surface area (Å²) in [7, 11) is 1.65. The number of hydrogen-bond donors (Lipinski definition) is 2. The summed E-state index contributed by atoms with van der Waals surface area (Å²) >= 11 is 0. The van der Waals surface area contributed by atoms with E-state index in [-0.39, 0.29) is 11.8 Å². The molecule has 0 bridgehead atoms. The third kappa shape index (κ3) is 3.89. The Morgan fingerprint density at radius 2 is 2.07 bits per heavy atom. The minimum atomic E-state index is -0.0230. The van der Waals surface area contributed by atoms with Gasteiger partial charge in [-0.2, -0.15) is 0 Å². The van der Waals surface area contributed by atoms with Gasteiger partial charge in [0.1, 0.15) is 5.75 Å². The number of aromatic nitrogens is 2. The zero-order valence-electron chi connectivity index (χ0n) is 15.4. The lowest BCUT2D eigenvalue weighted by Gasteiger charge is -2.31. The molecule has 6 heteroatoms. The number of ether oxygens (including phenoxy) is 1. The Balaban J connectivity index is 1.37. The fraction of sp³-hybridized carbons (Fsp3) is 0.333. The van der Waals surface area contributed by atoms with Gasteiger partial charge in [-0.05, 0) is 42.7 Å². The number of H-pyrrole nitrogens is 1. The van der Waals surface area contributed by atoms with Crippen LogP contribution in [0.3, 0.4) is 0 Å². The molecule has 0 unspecified atom stereocenters. The van der Waals surface area contributed by atoms with Crippen molar-refractivity contribution in [2.24, 2.45) is 5.92 Å². The molecule has 2 N–H and O–H groups in total. The maximum absolute atomic E-state index is 12.7. The minimum Gasteiger partial charge on any atom is -0.497 e. The van der Waals surface area contributed by atoms with Gasteiger partial charge in [-0.15, -0.1) is 0 Å². The Bertz CT molecular complexity index is 886. The number of fused-ring (bicyclic) bond motifs is 1. The van der Waals surface area contributed by atoms with Gasteiger partial charge < -0.3 is 19.9 Å². The first-order valence-corrected chi connectivity index (χ1v) is 9.33. The number of rotatable bonds is 5. The maximum Gasteiger partial charge on any atom is 0.225 e. The maximum atomic E-state index is 12.7. The predicted molar refractivity (Wildman–Crippen MR) is 106 cm³/mol. The molecule has 1 fully saturated rings. The molecule has 1 aliphatic heterocycles. The molecule has 4 rings (SSSR count). The van der Waals surface area contributed by atoms with Crippen molar-refractivity contribution in [1.82, 2.24) is 15.3 Å². The SMILES string of the molecule is COc1ccc(CNC(=O)[C@@H]2CCCN(c3nc4ccccc4[nH]3)C2)cc1. The van der Waals surface area contributed by atoms with Gasteiger partial charge in [0, 0.05) is 19.6 Å². The van der Waals surface area contributed by atoms with E-state index >= 15 is 0 Å². The average molecular weight is 364 g/mol. The van der Waals surface area contributed by atoms with Gasteiger partial charge in [0.15, 0.2) is 0 Å². The summed E-state index contributed by atoms with van der Waals surface area (Å²) in [5.74, 6) is 1.75. The highest BCUT2D eigenvalue weighted by Crippen LogP contribution is 2.23. The van der Waals surface area contributed by atoms with Crippen molar-refractivity contribution >= 4 is 22.9 Å². The number of carbonyl (C=O) groups is 1. The summed E-state index contributed by atoms with van der Waals surface area (Å²) in [6, 6.07) is 15.8. The molecule has 1 aliphatic rings. The van der Waals surface area contributed by atoms with Crippen molar-refractivity contribution < 1.29 is 9.53 Å². The van der Waals surface area contributed by atoms with Crippen LogP contribution < -0.4 is 15.0 Å². The number of methoxy groups -OCH3 is 1. The first-order chi connectivity index (χ1) is 13.2. The second-order valence-electron chi connectivity index (χ2n) is 6.93. The molecule has 2 heterocycles. The Labute approximate surface area is 158 Å². The number of nitrogens with zero attached hydrogens (tertiary/aromatic N) is 2. The fourth-order valence-corrected chi connectivity index (χ4v) is 3.55. The average Bonchev–Trinajstić information content (AvgIpc) is 3.17. The molecule has 1 aromatic heterocycles. The summed E-state index contributed by atoms with van der Waals surface area (Å²) in [6.45, 7) is 2.14. The largest absolute Gasteiger partial charge is 0.497 e. The topological polar surface area (TPSA) is 70.2 Å². The number of hydrogen-bond acceptors (Lipinski definition) is 4. The number of para-hydroxylation sites is 2. The van der Waals surface area contributed by atoms with E-state index in [1.165, 1.54) is 0 Å². The van der Waals surface area contributed by atoms with Crippen LogP contribution in [0.2, 0.25) is 0 Å². The van der Waals surface area contributed by atoms with Gasteiger partial charge in [-0.25, -0.2) is 4.98 Å². The van der Waals surface area contributed by atoms with Crippen molar-refractivity contribution in [2.75, 3.05) is 25.1 Å². The minimum absolute atomic E-state index is 0.0230. The van der Waals surface area contributed by atoms with E-state index in [4.69, 9.17) is 4.74 Å². The molecule has 0 aliphatic carbocycles. The molecular weight excluding hydrogens is 340 g/mol. The quantitative estimate of drug-likeness (QED) is 0.730. The van der Waals surface area contributed by atoms with Crippen LogP contribution in [0.4, 0.5) is 5.95 Å². The smallest absolute Gasteiger partial charge is 0.225 e. The molecule has 6 nitrogen and oxygen atoms in total. The van der Waals surface area contributed by atoms with Crippen LogP contribution in [0.25, 0.3) is 11.0 Å². The zero-order valence-corrected chi connectivity index (χ0v) is 15.4. The normalized spacial score (nSPS) is 17.1. The Morgan fingerprint density at radius 1 is 1.26 bits per heavy atom. The van der Waals surface area contributed by atoms with Gasteiger partial charge in [0.2, 0.25) is 11.9 Å². The van der Waals surface area contributed by atoms with Crippen LogP contribution in [0.5, 0.6) is 5.75 Å². The van der Waals surface area contributed by atoms with Crippen LogP contribution in [-0.4, -0.2) is 36.1 Å². The zero-order chi connectivity index (χ0) is 18.6. The number of nitrogens with one attached hydrogen (secondary N) is 2. The summed E-state index contributed by atoms with van der Waals surface area (Å²) < 4.78 is 5.16. The van der Waals surface area contributed by atoms with Crippen molar-refractivity contribution in [3.05, 3.63) is 54.1 Å². The lowest BCUT2D eigenvalue weighted by Crippen LogP contribution is -2.43. The molecule has 3 aromatic rings. The highest BCUT2D eigenvalue weighted by molar-refractivity contribution is 5.80. The van der Waals surface area contributed by atoms with Gasteiger partial charge in [-0.3, -0.25) is 4.79 Å². The van der Waals surface area contributed by atoms with Gasteiger partial charge >= 0.3 is 0 Å². The molecule has 1 amide bonds. The van der Waals surface area contributed by atoms with Crippen LogP contribution in [-0.2, 0) is 11.3 Å². The van der Waals surface area contributed by atoms with Crippen molar-refractivity contribution in [3.63, 3.8) is 0 Å². The van der Waals surface area contributed by atoms with Gasteiger partial charge in [-0.1, -0.05) is 24.3 Å². The lowest BCUT2D eigenvalue weighted by molar-refractivity contribution is -0.125. The number of imidazole rings is 1. The number of benzene rings is 2. The second kappa shape index (κ2) is 7.70. The highest BCUT2D eigenvalue weighted by Gasteiger charge is 2.27. The van der Waals surface area contributed by atoms with E-state index in [2.05, 4.69) is 20.2 Å². The van der Waals surface area contributed by atoms with E-state index in [1.807, 2.05) is 48.5 Å². The van der Waals surface area contributed by atoms with Crippen LogP contribution in [0.15, 0.2) is 48.5 Å². The van der Waals surface area contributed by atoms with Crippen molar-refractivity contribution in [1.29, 1.82) is 0 Å². The van der Waals surface area contributed by atoms with E-state index in [9.17, 15) is 4.79 Å². The van der Waals surface area contributed by atoms with Gasteiger partial charge in [0.05, 0.1) is 24.1 Å². The fourth-order valence-electron chi connectivity index (χ4n) is 3.55. The molecule has 0 spiro atoms. The highest BCUT2D eigenvalue weighted by atomic mass is 16.5. The first-order valence-electron chi connectivity index (χ1n) is 9.33. The molecule has 1 saturated heterocycles. The molecule has 140 valence electrons. The Kier molecular flexibility index (Phi) is 4.96. The molecule has 0 saturated carbocycles. The Hall–Kier alpha value is -3.02. The van der Waals surface area contributed by atoms with Crippen LogP contribution in [0.1, 0.15) is 18.4 Å². The van der Waals surface area contributed by atoms with Gasteiger partial charge in [0.25, 0.3) is 0 Å². The number of carbonyl (C=O) groups excluding carboxylic acids is 1. The van der Waals surface area contributed by atoms with Crippen LogP contribution >= 0.6 is 0 Å². The van der Waals surface area contributed by atoms with E-state index in [1.54, 1.807) is 7.11 Å². The second-order valence-corrected chi connectivity index (χ2v) is 6.93. The Morgan fingerprint density at radius 3 is 2.85 bits per heavy atom. The third-order valence-electron chi connectivity index (χ3n) is 5.09. The number of amides is 1. The summed E-state index contributed by atoms with van der Waals surface area (Å²) in [5.41, 5.74) is 3.05. The third-order valence-corrected chi connectivity index (χ3v) is 5.09. The predicted octanol–water partition coefficient (Wildman–Crippen LogP) is 3.10. The summed E-state index contributed by atoms with van der Waals surface area (Å²) in [4.78, 5) is 22.9.